The fourth-order valence-electron chi connectivity index (χ4n) is 2.33. The summed E-state index contributed by atoms with van der Waals surface area (Å²) in [6, 6.07) is -1.13. The molecule has 6 heteroatoms. The predicted octanol–water partition coefficient (Wildman–Crippen LogP) is 1.45. The van der Waals surface area contributed by atoms with Gasteiger partial charge in [0.2, 0.25) is 0 Å². The van der Waals surface area contributed by atoms with E-state index >= 15 is 0 Å². The Hall–Kier alpha value is -1.30. The zero-order valence-electron chi connectivity index (χ0n) is 11.9. The molecule has 0 saturated carbocycles. The first-order valence-electron chi connectivity index (χ1n) is 6.75. The predicted molar refractivity (Wildman–Crippen MR) is 71.1 cm³/mol. The van der Waals surface area contributed by atoms with Crippen LogP contribution in [0.3, 0.4) is 0 Å². The Balaban J connectivity index is 2.59. The summed E-state index contributed by atoms with van der Waals surface area (Å²) >= 11 is 0. The Morgan fingerprint density at radius 1 is 1.53 bits per heavy atom. The molecule has 2 amide bonds. The summed E-state index contributed by atoms with van der Waals surface area (Å²) in [6.45, 7) is 5.00. The minimum absolute atomic E-state index is 0.316. The van der Waals surface area contributed by atoms with E-state index in [0.29, 0.717) is 25.9 Å². The molecule has 1 aliphatic heterocycles. The number of nitrogens with one attached hydrogen (secondary N) is 1. The molecule has 1 heterocycles. The minimum atomic E-state index is -0.985. The average Bonchev–Trinajstić information content (AvgIpc) is 2.38. The Morgan fingerprint density at radius 3 is 2.74 bits per heavy atom. The van der Waals surface area contributed by atoms with E-state index in [1.807, 2.05) is 13.8 Å². The lowest BCUT2D eigenvalue weighted by Gasteiger charge is -2.39. The van der Waals surface area contributed by atoms with Crippen molar-refractivity contribution in [2.45, 2.75) is 51.2 Å². The molecule has 1 aliphatic rings. The molecule has 1 rings (SSSR count). The molecule has 0 spiro atoms. The van der Waals surface area contributed by atoms with Gasteiger partial charge in [0.25, 0.3) is 0 Å². The van der Waals surface area contributed by atoms with Crippen molar-refractivity contribution in [3.05, 3.63) is 0 Å². The minimum Gasteiger partial charge on any atom is -0.480 e. The van der Waals surface area contributed by atoms with Crippen LogP contribution in [0, 0.1) is 0 Å². The Kier molecular flexibility index (Phi) is 5.60. The summed E-state index contributed by atoms with van der Waals surface area (Å²) in [5.74, 6) is -0.985. The van der Waals surface area contributed by atoms with Crippen LogP contribution in [0.2, 0.25) is 0 Å². The third-order valence-corrected chi connectivity index (χ3v) is 3.61. The van der Waals surface area contributed by atoms with Crippen LogP contribution < -0.4 is 5.32 Å². The molecule has 0 bridgehead atoms. The van der Waals surface area contributed by atoms with Crippen molar-refractivity contribution >= 4 is 12.0 Å². The number of carbonyl (C=O) groups excluding carboxylic acids is 1. The third kappa shape index (κ3) is 4.38. The van der Waals surface area contributed by atoms with E-state index in [1.165, 1.54) is 0 Å². The van der Waals surface area contributed by atoms with E-state index in [2.05, 4.69) is 5.32 Å². The van der Waals surface area contributed by atoms with Gasteiger partial charge in [-0.15, -0.1) is 0 Å². The highest BCUT2D eigenvalue weighted by Gasteiger charge is 2.34. The lowest BCUT2D eigenvalue weighted by molar-refractivity contribution is -0.139. The van der Waals surface area contributed by atoms with Gasteiger partial charge in [0.05, 0.1) is 12.1 Å². The molecule has 0 aromatic rings. The van der Waals surface area contributed by atoms with Crippen LogP contribution in [0.1, 0.15) is 39.5 Å². The first kappa shape index (κ1) is 15.8. The average molecular weight is 272 g/mol. The number of methoxy groups -OCH3 is 1. The van der Waals surface area contributed by atoms with Crippen LogP contribution in [0.15, 0.2) is 0 Å². The molecule has 1 saturated heterocycles. The highest BCUT2D eigenvalue weighted by atomic mass is 16.5. The number of carboxylic acid groups (broad SMARTS) is 1. The van der Waals surface area contributed by atoms with Gasteiger partial charge in [-0.25, -0.2) is 9.59 Å². The molecule has 1 fully saturated rings. The van der Waals surface area contributed by atoms with Crippen LogP contribution in [0.4, 0.5) is 4.79 Å². The zero-order chi connectivity index (χ0) is 14.5. The number of ether oxygens (including phenoxy) is 1. The molecule has 0 aromatic carbocycles. The molecule has 110 valence electrons. The van der Waals surface area contributed by atoms with E-state index in [-0.39, 0.29) is 11.6 Å². The Labute approximate surface area is 114 Å². The van der Waals surface area contributed by atoms with Crippen LogP contribution >= 0.6 is 0 Å². The van der Waals surface area contributed by atoms with Crippen LogP contribution in [-0.2, 0) is 9.53 Å². The third-order valence-electron chi connectivity index (χ3n) is 3.61. The number of carbonyl (C=O) groups is 2. The van der Waals surface area contributed by atoms with Crippen LogP contribution in [0.5, 0.6) is 0 Å². The van der Waals surface area contributed by atoms with Crippen molar-refractivity contribution < 1.29 is 19.4 Å². The lowest BCUT2D eigenvalue weighted by atomic mass is 9.95. The molecule has 2 atom stereocenters. The van der Waals surface area contributed by atoms with Gasteiger partial charge >= 0.3 is 12.0 Å². The SMILES string of the molecule is CCC[C@H](NC(=O)N1CCCC(C)(OC)C1)C(=O)O. The maximum absolute atomic E-state index is 12.1. The van der Waals surface area contributed by atoms with E-state index in [1.54, 1.807) is 12.0 Å². The first-order valence-corrected chi connectivity index (χ1v) is 6.75. The van der Waals surface area contributed by atoms with Gasteiger partial charge in [0.15, 0.2) is 0 Å². The molecule has 1 unspecified atom stereocenters. The first-order chi connectivity index (χ1) is 8.91. The smallest absolute Gasteiger partial charge is 0.326 e. The normalized spacial score (nSPS) is 24.9. The molecular formula is C13H24N2O4. The summed E-state index contributed by atoms with van der Waals surface area (Å²) in [5.41, 5.74) is -0.334. The second kappa shape index (κ2) is 6.75. The fraction of sp³-hybridized carbons (Fsp3) is 0.846. The molecule has 6 nitrogen and oxygen atoms in total. The maximum atomic E-state index is 12.1. The number of rotatable bonds is 5. The Bertz CT molecular complexity index is 335. The number of piperidine rings is 1. The number of hydrogen-bond acceptors (Lipinski definition) is 3. The van der Waals surface area contributed by atoms with Crippen molar-refractivity contribution in [2.75, 3.05) is 20.2 Å². The van der Waals surface area contributed by atoms with Crippen LogP contribution in [-0.4, -0.2) is 53.8 Å². The fourth-order valence-corrected chi connectivity index (χ4v) is 2.33. The van der Waals surface area contributed by atoms with Crippen molar-refractivity contribution in [2.24, 2.45) is 0 Å². The second-order valence-corrected chi connectivity index (χ2v) is 5.31. The van der Waals surface area contributed by atoms with Crippen molar-refractivity contribution in [3.8, 4) is 0 Å². The summed E-state index contributed by atoms with van der Waals surface area (Å²) in [4.78, 5) is 24.8. The quantitative estimate of drug-likeness (QED) is 0.794. The zero-order valence-corrected chi connectivity index (χ0v) is 11.9. The lowest BCUT2D eigenvalue weighted by Crippen LogP contribution is -2.55. The van der Waals surface area contributed by atoms with Gasteiger partial charge in [-0.2, -0.15) is 0 Å². The van der Waals surface area contributed by atoms with E-state index in [9.17, 15) is 9.59 Å². The summed E-state index contributed by atoms with van der Waals surface area (Å²) in [6.07, 6.45) is 2.93. The van der Waals surface area contributed by atoms with Crippen LogP contribution in [0.25, 0.3) is 0 Å². The van der Waals surface area contributed by atoms with Gasteiger partial charge in [-0.1, -0.05) is 13.3 Å². The van der Waals surface area contributed by atoms with E-state index < -0.39 is 12.0 Å². The topological polar surface area (TPSA) is 78.9 Å². The highest BCUT2D eigenvalue weighted by molar-refractivity contribution is 5.82. The second-order valence-electron chi connectivity index (χ2n) is 5.31. The number of likely N-dealkylation sites (tertiary alicyclic amines) is 1. The van der Waals surface area contributed by atoms with Gasteiger partial charge in [0, 0.05) is 13.7 Å². The Morgan fingerprint density at radius 2 is 2.21 bits per heavy atom. The van der Waals surface area contributed by atoms with Gasteiger partial charge < -0.3 is 20.1 Å². The molecule has 19 heavy (non-hydrogen) atoms. The molecule has 0 aromatic heterocycles. The van der Waals surface area contributed by atoms with Crippen molar-refractivity contribution in [1.29, 1.82) is 0 Å². The number of carboxylic acids is 1. The summed E-state index contributed by atoms with van der Waals surface area (Å²) in [7, 11) is 1.64. The van der Waals surface area contributed by atoms with Gasteiger partial charge in [-0.05, 0) is 26.2 Å². The van der Waals surface area contributed by atoms with E-state index in [0.717, 1.165) is 12.8 Å². The standard InChI is InChI=1S/C13H24N2O4/c1-4-6-10(11(16)17)14-12(18)15-8-5-7-13(2,9-15)19-3/h10H,4-9H2,1-3H3,(H,14,18)(H,16,17)/t10-,13?/m0/s1. The number of amides is 2. The summed E-state index contributed by atoms with van der Waals surface area (Å²) < 4.78 is 5.42. The molecule has 0 aliphatic carbocycles. The van der Waals surface area contributed by atoms with Gasteiger partial charge in [-0.3, -0.25) is 0 Å². The van der Waals surface area contributed by atoms with Crippen molar-refractivity contribution in [3.63, 3.8) is 0 Å². The number of nitrogens with zero attached hydrogens (tertiary/aromatic N) is 1. The monoisotopic (exact) mass is 272 g/mol. The number of aliphatic carboxylic acids is 1. The van der Waals surface area contributed by atoms with Gasteiger partial charge in [0.1, 0.15) is 6.04 Å². The molecule has 2 N–H and O–H groups in total. The van der Waals surface area contributed by atoms with Crippen molar-refractivity contribution in [1.82, 2.24) is 10.2 Å². The number of hydrogen-bond donors (Lipinski definition) is 2. The largest absolute Gasteiger partial charge is 0.480 e. The highest BCUT2D eigenvalue weighted by Crippen LogP contribution is 2.23. The maximum Gasteiger partial charge on any atom is 0.326 e. The number of urea groups is 1. The van der Waals surface area contributed by atoms with E-state index in [4.69, 9.17) is 9.84 Å². The molecular weight excluding hydrogens is 248 g/mol. The molecule has 0 radical (unpaired) electrons. The summed E-state index contributed by atoms with van der Waals surface area (Å²) in [5, 5.41) is 11.6.